The molecule has 3 N–H and O–H groups in total. The van der Waals surface area contributed by atoms with Gasteiger partial charge in [0, 0.05) is 11.0 Å². The lowest BCUT2D eigenvalue weighted by molar-refractivity contribution is 0.929. The second kappa shape index (κ2) is 5.75. The second-order valence-electron chi connectivity index (χ2n) is 3.33. The predicted octanol–water partition coefficient (Wildman–Crippen LogP) is 2.89. The molecule has 0 aliphatic rings. The van der Waals surface area contributed by atoms with Crippen molar-refractivity contribution in [1.29, 1.82) is 0 Å². The first-order chi connectivity index (χ1) is 7.15. The molecule has 0 radical (unpaired) electrons. The van der Waals surface area contributed by atoms with Gasteiger partial charge in [-0.2, -0.15) is 0 Å². The van der Waals surface area contributed by atoms with Crippen molar-refractivity contribution in [2.45, 2.75) is 20.3 Å². The van der Waals surface area contributed by atoms with Gasteiger partial charge in [-0.05, 0) is 40.9 Å². The number of guanidine groups is 1. The first-order valence-electron chi connectivity index (χ1n) is 4.97. The van der Waals surface area contributed by atoms with E-state index < -0.39 is 0 Å². The largest absolute Gasteiger partial charge is 0.370 e. The molecule has 0 aliphatic heterocycles. The second-order valence-corrected chi connectivity index (χ2v) is 4.12. The number of nitrogens with zero attached hydrogens (tertiary/aromatic N) is 1. The molecule has 15 heavy (non-hydrogen) atoms. The van der Waals surface area contributed by atoms with Crippen molar-refractivity contribution >= 4 is 27.6 Å². The summed E-state index contributed by atoms with van der Waals surface area (Å²) in [5.41, 5.74) is 7.85. The van der Waals surface area contributed by atoms with Crippen molar-refractivity contribution < 1.29 is 0 Å². The summed E-state index contributed by atoms with van der Waals surface area (Å²) in [5.74, 6) is 0.461. The number of aliphatic imine (C=N–C) groups is 1. The minimum atomic E-state index is 0.461. The number of hydrogen-bond acceptors (Lipinski definition) is 1. The molecule has 82 valence electrons. The van der Waals surface area contributed by atoms with Crippen molar-refractivity contribution in [3.63, 3.8) is 0 Å². The highest BCUT2D eigenvalue weighted by Crippen LogP contribution is 2.25. The lowest BCUT2D eigenvalue weighted by Crippen LogP contribution is -2.23. The Bertz CT molecular complexity index is 361. The zero-order valence-electron chi connectivity index (χ0n) is 9.05. The number of anilines is 1. The van der Waals surface area contributed by atoms with E-state index in [9.17, 15) is 0 Å². The summed E-state index contributed by atoms with van der Waals surface area (Å²) in [4.78, 5) is 4.17. The third-order valence-electron chi connectivity index (χ3n) is 1.96. The van der Waals surface area contributed by atoms with Gasteiger partial charge in [-0.3, -0.25) is 4.99 Å². The molecule has 0 atom stereocenters. The summed E-state index contributed by atoms with van der Waals surface area (Å²) < 4.78 is 1.03. The standard InChI is InChI=1S/C11H16BrN3/c1-3-7-14-11(13)15-9-6-4-5-8(2)10(9)12/h4-6H,3,7H2,1-2H3,(H3,13,14,15). The Morgan fingerprint density at radius 3 is 2.93 bits per heavy atom. The molecule has 1 aromatic rings. The smallest absolute Gasteiger partial charge is 0.193 e. The maximum Gasteiger partial charge on any atom is 0.193 e. The first-order valence-corrected chi connectivity index (χ1v) is 5.76. The molecule has 0 unspecified atom stereocenters. The number of nitrogens with two attached hydrogens (primary N) is 1. The minimum absolute atomic E-state index is 0.461. The molecule has 1 rings (SSSR count). The van der Waals surface area contributed by atoms with Crippen LogP contribution < -0.4 is 11.1 Å². The van der Waals surface area contributed by atoms with Crippen molar-refractivity contribution in [2.24, 2.45) is 10.7 Å². The highest BCUT2D eigenvalue weighted by Gasteiger charge is 2.02. The number of hydrogen-bond donors (Lipinski definition) is 2. The molecular formula is C11H16BrN3. The van der Waals surface area contributed by atoms with Gasteiger partial charge < -0.3 is 11.1 Å². The highest BCUT2D eigenvalue weighted by molar-refractivity contribution is 9.10. The Balaban J connectivity index is 2.76. The minimum Gasteiger partial charge on any atom is -0.370 e. The number of benzene rings is 1. The van der Waals surface area contributed by atoms with Crippen LogP contribution in [0.3, 0.4) is 0 Å². The van der Waals surface area contributed by atoms with Crippen molar-refractivity contribution in [3.8, 4) is 0 Å². The molecule has 0 saturated carbocycles. The Kier molecular flexibility index (Phi) is 4.62. The molecule has 4 heteroatoms. The van der Waals surface area contributed by atoms with E-state index in [-0.39, 0.29) is 0 Å². The van der Waals surface area contributed by atoms with Crippen molar-refractivity contribution in [3.05, 3.63) is 28.2 Å². The number of rotatable bonds is 3. The third-order valence-corrected chi connectivity index (χ3v) is 3.01. The fourth-order valence-electron chi connectivity index (χ4n) is 1.15. The molecule has 3 nitrogen and oxygen atoms in total. The molecule has 0 heterocycles. The van der Waals surface area contributed by atoms with Gasteiger partial charge in [-0.1, -0.05) is 19.1 Å². The molecule has 0 bridgehead atoms. The van der Waals surface area contributed by atoms with Gasteiger partial charge in [-0.15, -0.1) is 0 Å². The molecule has 0 saturated heterocycles. The van der Waals surface area contributed by atoms with Gasteiger partial charge in [-0.25, -0.2) is 0 Å². The van der Waals surface area contributed by atoms with Crippen molar-refractivity contribution in [2.75, 3.05) is 11.9 Å². The topological polar surface area (TPSA) is 50.4 Å². The van der Waals surface area contributed by atoms with Crippen LogP contribution in [0.4, 0.5) is 5.69 Å². The third kappa shape index (κ3) is 3.55. The van der Waals surface area contributed by atoms with E-state index in [4.69, 9.17) is 5.73 Å². The van der Waals surface area contributed by atoms with Crippen LogP contribution >= 0.6 is 15.9 Å². The zero-order chi connectivity index (χ0) is 11.3. The SMILES string of the molecule is CCCN=C(N)Nc1cccc(C)c1Br. The first kappa shape index (κ1) is 12.0. The lowest BCUT2D eigenvalue weighted by atomic mass is 10.2. The summed E-state index contributed by atoms with van der Waals surface area (Å²) in [6.07, 6.45) is 0.997. The van der Waals surface area contributed by atoms with Crippen LogP contribution in [-0.2, 0) is 0 Å². The van der Waals surface area contributed by atoms with Crippen molar-refractivity contribution in [1.82, 2.24) is 0 Å². The maximum absolute atomic E-state index is 5.73. The van der Waals surface area contributed by atoms with E-state index in [1.807, 2.05) is 25.1 Å². The summed E-state index contributed by atoms with van der Waals surface area (Å²) in [7, 11) is 0. The molecule has 0 spiro atoms. The van der Waals surface area contributed by atoms with Gasteiger partial charge in [0.15, 0.2) is 5.96 Å². The predicted molar refractivity (Wildman–Crippen MR) is 69.3 cm³/mol. The molecule has 0 aromatic heterocycles. The van der Waals surface area contributed by atoms with E-state index >= 15 is 0 Å². The van der Waals surface area contributed by atoms with E-state index in [2.05, 4.69) is 33.2 Å². The van der Waals surface area contributed by atoms with Gasteiger partial charge in [0.05, 0.1) is 5.69 Å². The molecule has 0 amide bonds. The van der Waals surface area contributed by atoms with Crippen LogP contribution in [0, 0.1) is 6.92 Å². The summed E-state index contributed by atoms with van der Waals surface area (Å²) >= 11 is 3.50. The lowest BCUT2D eigenvalue weighted by Gasteiger charge is -2.09. The Hall–Kier alpha value is -1.03. The maximum atomic E-state index is 5.73. The van der Waals surface area contributed by atoms with E-state index in [0.717, 1.165) is 23.1 Å². The summed E-state index contributed by atoms with van der Waals surface area (Å²) in [6.45, 7) is 4.86. The van der Waals surface area contributed by atoms with Gasteiger partial charge in [0.2, 0.25) is 0 Å². The average molecular weight is 270 g/mol. The average Bonchev–Trinajstić information content (AvgIpc) is 2.22. The zero-order valence-corrected chi connectivity index (χ0v) is 10.6. The molecule has 1 aromatic carbocycles. The van der Waals surface area contributed by atoms with E-state index in [0.29, 0.717) is 5.96 Å². The quantitative estimate of drug-likeness (QED) is 0.655. The van der Waals surface area contributed by atoms with Crippen LogP contribution in [0.2, 0.25) is 0 Å². The highest BCUT2D eigenvalue weighted by atomic mass is 79.9. The van der Waals surface area contributed by atoms with Crippen LogP contribution in [0.1, 0.15) is 18.9 Å². The fraction of sp³-hybridized carbons (Fsp3) is 0.364. The van der Waals surface area contributed by atoms with Crippen LogP contribution in [0.25, 0.3) is 0 Å². The van der Waals surface area contributed by atoms with Gasteiger partial charge >= 0.3 is 0 Å². The van der Waals surface area contributed by atoms with Gasteiger partial charge in [0.25, 0.3) is 0 Å². The van der Waals surface area contributed by atoms with E-state index in [1.54, 1.807) is 0 Å². The van der Waals surface area contributed by atoms with Gasteiger partial charge in [0.1, 0.15) is 0 Å². The Labute approximate surface area is 98.9 Å². The Morgan fingerprint density at radius 2 is 2.27 bits per heavy atom. The van der Waals surface area contributed by atoms with Crippen LogP contribution in [-0.4, -0.2) is 12.5 Å². The molecule has 0 aliphatic carbocycles. The monoisotopic (exact) mass is 269 g/mol. The van der Waals surface area contributed by atoms with Crippen LogP contribution in [0.5, 0.6) is 0 Å². The van der Waals surface area contributed by atoms with E-state index in [1.165, 1.54) is 5.56 Å². The normalized spacial score (nSPS) is 11.5. The number of nitrogens with one attached hydrogen (secondary N) is 1. The number of halogens is 1. The number of aryl methyl sites for hydroxylation is 1. The summed E-state index contributed by atoms with van der Waals surface area (Å²) in [6, 6.07) is 5.98. The fourth-order valence-corrected chi connectivity index (χ4v) is 1.52. The molecule has 0 fully saturated rings. The summed E-state index contributed by atoms with van der Waals surface area (Å²) in [5, 5.41) is 3.07. The molecular weight excluding hydrogens is 254 g/mol. The Morgan fingerprint density at radius 1 is 1.53 bits per heavy atom. The van der Waals surface area contributed by atoms with Crippen LogP contribution in [0.15, 0.2) is 27.7 Å².